The summed E-state index contributed by atoms with van der Waals surface area (Å²) in [5.74, 6) is 0.831. The van der Waals surface area contributed by atoms with Crippen LogP contribution in [-0.2, 0) is 0 Å². The zero-order valence-corrected chi connectivity index (χ0v) is 9.48. The third kappa shape index (κ3) is 2.81. The molecule has 1 N–H and O–H groups in total. The van der Waals surface area contributed by atoms with E-state index in [-0.39, 0.29) is 0 Å². The van der Waals surface area contributed by atoms with E-state index in [4.69, 9.17) is 0 Å². The SMILES string of the molecule is C1=CSC(C2CCCCCCC2)=CN1. The van der Waals surface area contributed by atoms with Gasteiger partial charge >= 0.3 is 0 Å². The van der Waals surface area contributed by atoms with Crippen molar-refractivity contribution in [2.75, 3.05) is 0 Å². The van der Waals surface area contributed by atoms with E-state index in [9.17, 15) is 0 Å². The van der Waals surface area contributed by atoms with Crippen LogP contribution in [-0.4, -0.2) is 0 Å². The molecular formula is C12H19NS. The van der Waals surface area contributed by atoms with Gasteiger partial charge in [0.25, 0.3) is 0 Å². The van der Waals surface area contributed by atoms with Crippen LogP contribution in [0, 0.1) is 5.92 Å². The van der Waals surface area contributed by atoms with Crippen molar-refractivity contribution in [3.05, 3.63) is 22.7 Å². The minimum absolute atomic E-state index is 0.831. The third-order valence-electron chi connectivity index (χ3n) is 3.10. The van der Waals surface area contributed by atoms with E-state index in [0.717, 1.165) is 5.92 Å². The van der Waals surface area contributed by atoms with Gasteiger partial charge in [-0.15, -0.1) is 0 Å². The number of nitrogens with one attached hydrogen (secondary N) is 1. The first kappa shape index (κ1) is 10.2. The molecule has 78 valence electrons. The Bertz CT molecular complexity index is 224. The van der Waals surface area contributed by atoms with Gasteiger partial charge in [-0.25, -0.2) is 0 Å². The number of allylic oxidation sites excluding steroid dienone is 1. The second kappa shape index (κ2) is 5.50. The molecular weight excluding hydrogens is 190 g/mol. The van der Waals surface area contributed by atoms with Gasteiger partial charge in [-0.1, -0.05) is 43.9 Å². The molecule has 1 nitrogen and oxygen atoms in total. The quantitative estimate of drug-likeness (QED) is 0.700. The minimum Gasteiger partial charge on any atom is -0.366 e. The molecule has 14 heavy (non-hydrogen) atoms. The lowest BCUT2D eigenvalue weighted by Gasteiger charge is -2.22. The van der Waals surface area contributed by atoms with Gasteiger partial charge in [0.05, 0.1) is 0 Å². The van der Waals surface area contributed by atoms with Gasteiger partial charge in [-0.05, 0) is 24.2 Å². The van der Waals surface area contributed by atoms with Crippen molar-refractivity contribution in [2.24, 2.45) is 5.92 Å². The first-order chi connectivity index (χ1) is 6.97. The number of rotatable bonds is 1. The van der Waals surface area contributed by atoms with Crippen molar-refractivity contribution >= 4 is 11.8 Å². The van der Waals surface area contributed by atoms with Gasteiger partial charge in [0.1, 0.15) is 0 Å². The topological polar surface area (TPSA) is 12.0 Å². The molecule has 2 rings (SSSR count). The van der Waals surface area contributed by atoms with E-state index >= 15 is 0 Å². The Morgan fingerprint density at radius 3 is 2.43 bits per heavy atom. The molecule has 1 aliphatic carbocycles. The summed E-state index contributed by atoms with van der Waals surface area (Å²) in [5, 5.41) is 5.37. The standard InChI is InChI=1S/C12H19NS/c1-2-4-6-11(7-5-3-1)12-10-13-8-9-14-12/h8-11,13H,1-7H2. The molecule has 0 aromatic rings. The molecule has 0 aromatic carbocycles. The molecule has 2 aliphatic rings. The van der Waals surface area contributed by atoms with E-state index < -0.39 is 0 Å². The van der Waals surface area contributed by atoms with Crippen molar-refractivity contribution in [3.8, 4) is 0 Å². The van der Waals surface area contributed by atoms with Crippen molar-refractivity contribution in [1.82, 2.24) is 5.32 Å². The van der Waals surface area contributed by atoms with Crippen LogP contribution in [0.3, 0.4) is 0 Å². The molecule has 0 radical (unpaired) electrons. The minimum atomic E-state index is 0.831. The van der Waals surface area contributed by atoms with E-state index in [1.165, 1.54) is 44.9 Å². The van der Waals surface area contributed by atoms with Crippen molar-refractivity contribution in [1.29, 1.82) is 0 Å². The molecule has 2 heteroatoms. The predicted molar refractivity (Wildman–Crippen MR) is 63.8 cm³/mol. The van der Waals surface area contributed by atoms with Crippen LogP contribution in [0.15, 0.2) is 22.7 Å². The van der Waals surface area contributed by atoms with Gasteiger partial charge < -0.3 is 5.32 Å². The lowest BCUT2D eigenvalue weighted by Crippen LogP contribution is -2.09. The zero-order chi connectivity index (χ0) is 9.64. The fourth-order valence-corrected chi connectivity index (χ4v) is 3.14. The Morgan fingerprint density at radius 2 is 1.79 bits per heavy atom. The van der Waals surface area contributed by atoms with Crippen molar-refractivity contribution < 1.29 is 0 Å². The maximum absolute atomic E-state index is 3.20. The lowest BCUT2D eigenvalue weighted by molar-refractivity contribution is 0.430. The molecule has 0 aromatic heterocycles. The highest BCUT2D eigenvalue weighted by Gasteiger charge is 2.16. The van der Waals surface area contributed by atoms with Crippen LogP contribution in [0.5, 0.6) is 0 Å². The molecule has 1 fully saturated rings. The summed E-state index contributed by atoms with van der Waals surface area (Å²) in [4.78, 5) is 1.55. The molecule has 0 atom stereocenters. The third-order valence-corrected chi connectivity index (χ3v) is 4.10. The predicted octanol–water partition coefficient (Wildman–Crippen LogP) is 4.00. The lowest BCUT2D eigenvalue weighted by atomic mass is 9.91. The van der Waals surface area contributed by atoms with E-state index in [2.05, 4.69) is 16.9 Å². The smallest absolute Gasteiger partial charge is 0.0107 e. The summed E-state index contributed by atoms with van der Waals surface area (Å²) in [6.07, 6.45) is 14.2. The normalized spacial score (nSPS) is 24.7. The van der Waals surface area contributed by atoms with Crippen molar-refractivity contribution in [2.45, 2.75) is 44.9 Å². The van der Waals surface area contributed by atoms with Crippen LogP contribution < -0.4 is 5.32 Å². The fourth-order valence-electron chi connectivity index (χ4n) is 2.27. The average Bonchev–Trinajstić information content (AvgIpc) is 2.18. The van der Waals surface area contributed by atoms with Crippen LogP contribution >= 0.6 is 11.8 Å². The molecule has 1 heterocycles. The van der Waals surface area contributed by atoms with Gasteiger partial charge in [0.15, 0.2) is 0 Å². The van der Waals surface area contributed by atoms with Crippen LogP contribution in [0.2, 0.25) is 0 Å². The zero-order valence-electron chi connectivity index (χ0n) is 8.67. The summed E-state index contributed by atoms with van der Waals surface area (Å²) in [7, 11) is 0. The van der Waals surface area contributed by atoms with Crippen LogP contribution in [0.1, 0.15) is 44.9 Å². The van der Waals surface area contributed by atoms with Crippen LogP contribution in [0.4, 0.5) is 0 Å². The second-order valence-electron chi connectivity index (χ2n) is 4.18. The summed E-state index contributed by atoms with van der Waals surface area (Å²) in [6.45, 7) is 0. The number of hydrogen-bond acceptors (Lipinski definition) is 2. The molecule has 0 spiro atoms. The summed E-state index contributed by atoms with van der Waals surface area (Å²) >= 11 is 1.90. The summed E-state index contributed by atoms with van der Waals surface area (Å²) in [6, 6.07) is 0. The largest absolute Gasteiger partial charge is 0.366 e. The van der Waals surface area contributed by atoms with Gasteiger partial charge in [0.2, 0.25) is 0 Å². The molecule has 0 saturated heterocycles. The highest BCUT2D eigenvalue weighted by molar-refractivity contribution is 8.05. The van der Waals surface area contributed by atoms with E-state index in [0.29, 0.717) is 0 Å². The highest BCUT2D eigenvalue weighted by atomic mass is 32.2. The van der Waals surface area contributed by atoms with Gasteiger partial charge in [0, 0.05) is 17.3 Å². The maximum atomic E-state index is 3.20. The molecule has 0 amide bonds. The molecule has 0 bridgehead atoms. The molecule has 1 aliphatic heterocycles. The van der Waals surface area contributed by atoms with Gasteiger partial charge in [-0.2, -0.15) is 0 Å². The Morgan fingerprint density at radius 1 is 1.07 bits per heavy atom. The van der Waals surface area contributed by atoms with E-state index in [1.54, 1.807) is 4.91 Å². The maximum Gasteiger partial charge on any atom is 0.0107 e. The number of hydrogen-bond donors (Lipinski definition) is 1. The summed E-state index contributed by atoms with van der Waals surface area (Å²) in [5.41, 5.74) is 0. The first-order valence-electron chi connectivity index (χ1n) is 5.74. The Kier molecular flexibility index (Phi) is 3.99. The Hall–Kier alpha value is -0.370. The summed E-state index contributed by atoms with van der Waals surface area (Å²) < 4.78 is 0. The van der Waals surface area contributed by atoms with Crippen molar-refractivity contribution in [3.63, 3.8) is 0 Å². The Balaban J connectivity index is 1.90. The monoisotopic (exact) mass is 209 g/mol. The first-order valence-corrected chi connectivity index (χ1v) is 6.62. The number of thioether (sulfide) groups is 1. The average molecular weight is 209 g/mol. The second-order valence-corrected chi connectivity index (χ2v) is 5.16. The Labute approximate surface area is 91.0 Å². The van der Waals surface area contributed by atoms with Gasteiger partial charge in [-0.3, -0.25) is 0 Å². The molecule has 0 unspecified atom stereocenters. The van der Waals surface area contributed by atoms with Crippen LogP contribution in [0.25, 0.3) is 0 Å². The highest BCUT2D eigenvalue weighted by Crippen LogP contribution is 2.35. The van der Waals surface area contributed by atoms with E-state index in [1.807, 2.05) is 18.0 Å². The molecule has 1 saturated carbocycles. The fraction of sp³-hybridized carbons (Fsp3) is 0.667.